The quantitative estimate of drug-likeness (QED) is 0.532. The van der Waals surface area contributed by atoms with Crippen LogP contribution in [0.15, 0.2) is 29.2 Å². The Morgan fingerprint density at radius 3 is 2.42 bits per heavy atom. The molecule has 33 heavy (non-hydrogen) atoms. The first kappa shape index (κ1) is 25.6. The van der Waals surface area contributed by atoms with Crippen LogP contribution in [0.25, 0.3) is 0 Å². The second kappa shape index (κ2) is 11.9. The number of benzene rings is 1. The SMILES string of the molecule is CCCCNC(=O)C1CCCN(C(C)C(=O)Nc2ccc(S(=O)(=O)N3CCCCC3)cc2)C1. The van der Waals surface area contributed by atoms with E-state index in [0.29, 0.717) is 31.9 Å². The molecule has 2 fully saturated rings. The van der Waals surface area contributed by atoms with Crippen molar-refractivity contribution < 1.29 is 18.0 Å². The second-order valence-electron chi connectivity index (χ2n) is 9.13. The molecule has 0 radical (unpaired) electrons. The Balaban J connectivity index is 1.55. The fraction of sp³-hybridized carbons (Fsp3) is 0.667. The Labute approximate surface area is 198 Å². The number of nitrogens with zero attached hydrogens (tertiary/aromatic N) is 2. The Kier molecular flexibility index (Phi) is 9.28. The van der Waals surface area contributed by atoms with Gasteiger partial charge in [0.15, 0.2) is 0 Å². The molecule has 9 heteroatoms. The van der Waals surface area contributed by atoms with Gasteiger partial charge in [0.2, 0.25) is 21.8 Å². The fourth-order valence-electron chi connectivity index (χ4n) is 4.48. The summed E-state index contributed by atoms with van der Waals surface area (Å²) in [4.78, 5) is 27.6. The maximum absolute atomic E-state index is 12.8. The molecule has 0 spiro atoms. The summed E-state index contributed by atoms with van der Waals surface area (Å²) in [6, 6.07) is 6.01. The summed E-state index contributed by atoms with van der Waals surface area (Å²) in [6.45, 7) is 7.11. The molecule has 2 unspecified atom stereocenters. The molecule has 2 saturated heterocycles. The molecule has 2 atom stereocenters. The van der Waals surface area contributed by atoms with Gasteiger partial charge < -0.3 is 10.6 Å². The Hall–Kier alpha value is -1.97. The van der Waals surface area contributed by atoms with Crippen molar-refractivity contribution in [1.82, 2.24) is 14.5 Å². The van der Waals surface area contributed by atoms with Gasteiger partial charge in [0.1, 0.15) is 0 Å². The lowest BCUT2D eigenvalue weighted by Gasteiger charge is -2.35. The maximum atomic E-state index is 12.8. The standard InChI is InChI=1S/C24H38N4O4S/c1-3-4-14-25-24(30)20-9-8-15-27(18-20)19(2)23(29)26-21-10-12-22(13-11-21)33(31,32)28-16-6-5-7-17-28/h10-13,19-20H,3-9,14-18H2,1-2H3,(H,25,30)(H,26,29). The predicted molar refractivity (Wildman–Crippen MR) is 129 cm³/mol. The van der Waals surface area contributed by atoms with E-state index in [1.807, 2.05) is 6.92 Å². The van der Waals surface area contributed by atoms with Crippen molar-refractivity contribution in [2.45, 2.75) is 69.7 Å². The predicted octanol–water partition coefficient (Wildman–Crippen LogP) is 2.82. The van der Waals surface area contributed by atoms with Gasteiger partial charge in [0.25, 0.3) is 0 Å². The summed E-state index contributed by atoms with van der Waals surface area (Å²) in [7, 11) is -3.49. The van der Waals surface area contributed by atoms with Gasteiger partial charge in [0.05, 0.1) is 16.9 Å². The highest BCUT2D eigenvalue weighted by atomic mass is 32.2. The highest BCUT2D eigenvalue weighted by molar-refractivity contribution is 7.89. The molecule has 0 saturated carbocycles. The molecule has 1 aromatic rings. The van der Waals surface area contributed by atoms with Gasteiger partial charge in [0, 0.05) is 31.9 Å². The smallest absolute Gasteiger partial charge is 0.243 e. The number of carbonyl (C=O) groups is 2. The lowest BCUT2D eigenvalue weighted by molar-refractivity contribution is -0.129. The summed E-state index contributed by atoms with van der Waals surface area (Å²) in [5.74, 6) is -0.176. The first-order chi connectivity index (χ1) is 15.8. The number of anilines is 1. The summed E-state index contributed by atoms with van der Waals surface area (Å²) in [5, 5.41) is 5.90. The summed E-state index contributed by atoms with van der Waals surface area (Å²) in [6.07, 6.45) is 6.59. The van der Waals surface area contributed by atoms with Crippen molar-refractivity contribution >= 4 is 27.5 Å². The van der Waals surface area contributed by atoms with Crippen LogP contribution in [0.2, 0.25) is 0 Å². The molecule has 3 rings (SSSR count). The molecule has 2 N–H and O–H groups in total. The van der Waals surface area contributed by atoms with Crippen LogP contribution in [0.1, 0.15) is 58.8 Å². The van der Waals surface area contributed by atoms with E-state index >= 15 is 0 Å². The lowest BCUT2D eigenvalue weighted by Crippen LogP contribution is -2.50. The largest absolute Gasteiger partial charge is 0.356 e. The number of hydrogen-bond acceptors (Lipinski definition) is 5. The van der Waals surface area contributed by atoms with Crippen molar-refractivity contribution in [3.63, 3.8) is 0 Å². The minimum atomic E-state index is -3.49. The molecule has 1 aromatic carbocycles. The molecule has 2 aliphatic heterocycles. The van der Waals surface area contributed by atoms with Gasteiger partial charge in [-0.1, -0.05) is 19.8 Å². The van der Waals surface area contributed by atoms with Crippen LogP contribution in [0, 0.1) is 5.92 Å². The molecule has 2 heterocycles. The van der Waals surface area contributed by atoms with Crippen LogP contribution in [-0.2, 0) is 19.6 Å². The summed E-state index contributed by atoms with van der Waals surface area (Å²) >= 11 is 0. The van der Waals surface area contributed by atoms with Crippen LogP contribution in [-0.4, -0.2) is 68.2 Å². The Morgan fingerprint density at radius 2 is 1.76 bits per heavy atom. The van der Waals surface area contributed by atoms with Crippen molar-refractivity contribution in [1.29, 1.82) is 0 Å². The van der Waals surface area contributed by atoms with E-state index in [-0.39, 0.29) is 28.7 Å². The normalized spacial score (nSPS) is 21.3. The minimum absolute atomic E-state index is 0.0752. The number of likely N-dealkylation sites (tertiary alicyclic amines) is 1. The Bertz CT molecular complexity index is 898. The average molecular weight is 479 g/mol. The van der Waals surface area contributed by atoms with Crippen molar-refractivity contribution in [2.75, 3.05) is 38.0 Å². The van der Waals surface area contributed by atoms with Gasteiger partial charge >= 0.3 is 0 Å². The Morgan fingerprint density at radius 1 is 1.06 bits per heavy atom. The number of carbonyl (C=O) groups excluding carboxylic acids is 2. The molecule has 184 valence electrons. The van der Waals surface area contributed by atoms with Crippen LogP contribution in [0.3, 0.4) is 0 Å². The molecular formula is C24H38N4O4S. The molecule has 8 nitrogen and oxygen atoms in total. The zero-order chi connectivity index (χ0) is 23.8. The molecular weight excluding hydrogens is 440 g/mol. The van der Waals surface area contributed by atoms with Crippen molar-refractivity contribution in [3.05, 3.63) is 24.3 Å². The number of amides is 2. The van der Waals surface area contributed by atoms with E-state index in [9.17, 15) is 18.0 Å². The summed E-state index contributed by atoms with van der Waals surface area (Å²) < 4.78 is 27.1. The number of piperidine rings is 2. The number of rotatable bonds is 9. The molecule has 0 aliphatic carbocycles. The average Bonchev–Trinajstić information content (AvgIpc) is 2.84. The van der Waals surface area contributed by atoms with Crippen LogP contribution in [0.5, 0.6) is 0 Å². The number of sulfonamides is 1. The van der Waals surface area contributed by atoms with E-state index in [0.717, 1.165) is 51.5 Å². The van der Waals surface area contributed by atoms with Crippen LogP contribution in [0.4, 0.5) is 5.69 Å². The zero-order valence-corrected chi connectivity index (χ0v) is 20.7. The van der Waals surface area contributed by atoms with E-state index in [1.165, 1.54) is 4.31 Å². The third-order valence-corrected chi connectivity index (χ3v) is 8.57. The van der Waals surface area contributed by atoms with E-state index in [4.69, 9.17) is 0 Å². The van der Waals surface area contributed by atoms with Crippen molar-refractivity contribution in [3.8, 4) is 0 Å². The lowest BCUT2D eigenvalue weighted by atomic mass is 9.95. The fourth-order valence-corrected chi connectivity index (χ4v) is 6.00. The first-order valence-electron chi connectivity index (χ1n) is 12.3. The summed E-state index contributed by atoms with van der Waals surface area (Å²) in [5.41, 5.74) is 0.565. The maximum Gasteiger partial charge on any atom is 0.243 e. The van der Waals surface area contributed by atoms with Crippen LogP contribution >= 0.6 is 0 Å². The van der Waals surface area contributed by atoms with Crippen molar-refractivity contribution in [2.24, 2.45) is 5.92 Å². The highest BCUT2D eigenvalue weighted by Gasteiger charge is 2.31. The second-order valence-corrected chi connectivity index (χ2v) is 11.1. The highest BCUT2D eigenvalue weighted by Crippen LogP contribution is 2.23. The minimum Gasteiger partial charge on any atom is -0.356 e. The first-order valence-corrected chi connectivity index (χ1v) is 13.7. The van der Waals surface area contributed by atoms with E-state index < -0.39 is 10.0 Å². The molecule has 2 aliphatic rings. The topological polar surface area (TPSA) is 98.8 Å². The monoisotopic (exact) mass is 478 g/mol. The zero-order valence-electron chi connectivity index (χ0n) is 19.9. The third kappa shape index (κ3) is 6.77. The van der Waals surface area contributed by atoms with Crippen LogP contribution < -0.4 is 10.6 Å². The van der Waals surface area contributed by atoms with Gasteiger partial charge in [-0.2, -0.15) is 4.31 Å². The molecule has 2 amide bonds. The van der Waals surface area contributed by atoms with Gasteiger partial charge in [-0.05, 0) is 69.8 Å². The van der Waals surface area contributed by atoms with E-state index in [1.54, 1.807) is 24.3 Å². The van der Waals surface area contributed by atoms with Gasteiger partial charge in [-0.25, -0.2) is 8.42 Å². The molecule has 0 aromatic heterocycles. The third-order valence-electron chi connectivity index (χ3n) is 6.65. The number of hydrogen-bond donors (Lipinski definition) is 2. The number of nitrogens with one attached hydrogen (secondary N) is 2. The molecule has 0 bridgehead atoms. The van der Waals surface area contributed by atoms with Gasteiger partial charge in [-0.3, -0.25) is 14.5 Å². The van der Waals surface area contributed by atoms with Gasteiger partial charge in [-0.15, -0.1) is 0 Å². The number of unbranched alkanes of at least 4 members (excludes halogenated alkanes) is 1. The van der Waals surface area contributed by atoms with E-state index in [2.05, 4.69) is 22.5 Å².